The van der Waals surface area contributed by atoms with E-state index in [4.69, 9.17) is 0 Å². The number of thiophene rings is 1. The second-order valence-corrected chi connectivity index (χ2v) is 4.29. The predicted molar refractivity (Wildman–Crippen MR) is 68.1 cm³/mol. The SMILES string of the molecule is CCN(CC)CC(=O)Cc1cccs1.Cl. The van der Waals surface area contributed by atoms with E-state index in [1.54, 1.807) is 11.3 Å². The van der Waals surface area contributed by atoms with Gasteiger partial charge in [-0.15, -0.1) is 23.7 Å². The van der Waals surface area contributed by atoms with Crippen LogP contribution in [0.2, 0.25) is 0 Å². The summed E-state index contributed by atoms with van der Waals surface area (Å²) in [5, 5.41) is 2.01. The Morgan fingerprint density at radius 2 is 2.07 bits per heavy atom. The maximum atomic E-state index is 11.6. The summed E-state index contributed by atoms with van der Waals surface area (Å²) in [6.07, 6.45) is 0.591. The Bertz CT molecular complexity index is 270. The van der Waals surface area contributed by atoms with Crippen LogP contribution in [0.15, 0.2) is 17.5 Å². The van der Waals surface area contributed by atoms with E-state index < -0.39 is 0 Å². The van der Waals surface area contributed by atoms with Gasteiger partial charge in [-0.3, -0.25) is 9.69 Å². The molecular weight excluding hydrogens is 230 g/mol. The lowest BCUT2D eigenvalue weighted by molar-refractivity contribution is -0.119. The Morgan fingerprint density at radius 1 is 1.40 bits per heavy atom. The van der Waals surface area contributed by atoms with E-state index in [1.165, 1.54) is 4.88 Å². The van der Waals surface area contributed by atoms with Crippen LogP contribution in [0.25, 0.3) is 0 Å². The molecule has 0 radical (unpaired) electrons. The third kappa shape index (κ3) is 5.30. The van der Waals surface area contributed by atoms with Crippen LogP contribution in [-0.2, 0) is 11.2 Å². The molecule has 0 bridgehead atoms. The summed E-state index contributed by atoms with van der Waals surface area (Å²) in [6, 6.07) is 4.01. The molecule has 0 saturated heterocycles. The van der Waals surface area contributed by atoms with E-state index in [-0.39, 0.29) is 12.4 Å². The molecular formula is C11H18ClNOS. The molecule has 0 fully saturated rings. The largest absolute Gasteiger partial charge is 0.298 e. The molecule has 1 rings (SSSR count). The van der Waals surface area contributed by atoms with E-state index in [0.717, 1.165) is 13.1 Å². The summed E-state index contributed by atoms with van der Waals surface area (Å²) in [5.41, 5.74) is 0. The van der Waals surface area contributed by atoms with Crippen LogP contribution in [0, 0.1) is 0 Å². The van der Waals surface area contributed by atoms with Crippen molar-refractivity contribution in [2.75, 3.05) is 19.6 Å². The molecule has 0 aliphatic carbocycles. The van der Waals surface area contributed by atoms with E-state index in [9.17, 15) is 4.79 Å². The van der Waals surface area contributed by atoms with Crippen molar-refractivity contribution in [3.63, 3.8) is 0 Å². The van der Waals surface area contributed by atoms with Gasteiger partial charge in [-0.2, -0.15) is 0 Å². The van der Waals surface area contributed by atoms with Crippen molar-refractivity contribution in [2.45, 2.75) is 20.3 Å². The molecule has 0 saturated carbocycles. The molecule has 0 spiro atoms. The van der Waals surface area contributed by atoms with Crippen LogP contribution in [0.3, 0.4) is 0 Å². The quantitative estimate of drug-likeness (QED) is 0.770. The van der Waals surface area contributed by atoms with Crippen LogP contribution >= 0.6 is 23.7 Å². The lowest BCUT2D eigenvalue weighted by Crippen LogP contribution is -2.30. The molecule has 2 nitrogen and oxygen atoms in total. The van der Waals surface area contributed by atoms with Gasteiger partial charge in [0.1, 0.15) is 0 Å². The van der Waals surface area contributed by atoms with Crippen LogP contribution < -0.4 is 0 Å². The molecule has 0 N–H and O–H groups in total. The van der Waals surface area contributed by atoms with Gasteiger partial charge in [-0.05, 0) is 24.5 Å². The number of ketones is 1. The molecule has 15 heavy (non-hydrogen) atoms. The fourth-order valence-electron chi connectivity index (χ4n) is 1.36. The van der Waals surface area contributed by atoms with Gasteiger partial charge >= 0.3 is 0 Å². The van der Waals surface area contributed by atoms with E-state index in [1.807, 2.05) is 17.5 Å². The first kappa shape index (κ1) is 14.6. The predicted octanol–water partition coefficient (Wildman–Crippen LogP) is 2.62. The van der Waals surface area contributed by atoms with E-state index in [0.29, 0.717) is 18.7 Å². The van der Waals surface area contributed by atoms with Gasteiger partial charge in [0.15, 0.2) is 5.78 Å². The van der Waals surface area contributed by atoms with Crippen LogP contribution in [0.4, 0.5) is 0 Å². The number of likely N-dealkylation sites (N-methyl/N-ethyl adjacent to an activating group) is 1. The number of rotatable bonds is 6. The zero-order valence-corrected chi connectivity index (χ0v) is 10.9. The maximum Gasteiger partial charge on any atom is 0.152 e. The Labute approximate surface area is 102 Å². The van der Waals surface area contributed by atoms with Crippen molar-refractivity contribution in [3.05, 3.63) is 22.4 Å². The van der Waals surface area contributed by atoms with Gasteiger partial charge in [0, 0.05) is 11.3 Å². The Morgan fingerprint density at radius 3 is 2.53 bits per heavy atom. The lowest BCUT2D eigenvalue weighted by Gasteiger charge is -2.16. The maximum absolute atomic E-state index is 11.6. The van der Waals surface area contributed by atoms with Gasteiger partial charge in [-0.1, -0.05) is 19.9 Å². The molecule has 0 amide bonds. The Kier molecular flexibility index (Phi) is 7.65. The highest BCUT2D eigenvalue weighted by Gasteiger charge is 2.08. The Hall–Kier alpha value is -0.380. The Balaban J connectivity index is 0.00000196. The lowest BCUT2D eigenvalue weighted by atomic mass is 10.2. The molecule has 4 heteroatoms. The van der Waals surface area contributed by atoms with Crippen molar-refractivity contribution in [3.8, 4) is 0 Å². The zero-order chi connectivity index (χ0) is 10.4. The molecule has 0 aliphatic heterocycles. The van der Waals surface area contributed by atoms with Crippen molar-refractivity contribution < 1.29 is 4.79 Å². The highest BCUT2D eigenvalue weighted by molar-refractivity contribution is 7.10. The first-order valence-electron chi connectivity index (χ1n) is 5.02. The topological polar surface area (TPSA) is 20.3 Å². The van der Waals surface area contributed by atoms with Gasteiger partial charge in [0.2, 0.25) is 0 Å². The first-order chi connectivity index (χ1) is 6.76. The molecule has 0 aliphatic rings. The van der Waals surface area contributed by atoms with Crippen LogP contribution in [-0.4, -0.2) is 30.3 Å². The fourth-order valence-corrected chi connectivity index (χ4v) is 2.09. The third-order valence-corrected chi connectivity index (χ3v) is 3.12. The number of hydrogen-bond acceptors (Lipinski definition) is 3. The van der Waals surface area contributed by atoms with Crippen molar-refractivity contribution in [1.29, 1.82) is 0 Å². The number of hydrogen-bond donors (Lipinski definition) is 0. The molecule has 1 aromatic rings. The fraction of sp³-hybridized carbons (Fsp3) is 0.545. The monoisotopic (exact) mass is 247 g/mol. The summed E-state index contributed by atoms with van der Waals surface area (Å²) in [5.74, 6) is 0.316. The van der Waals surface area contributed by atoms with Crippen molar-refractivity contribution >= 4 is 29.5 Å². The highest BCUT2D eigenvalue weighted by atomic mass is 35.5. The zero-order valence-electron chi connectivity index (χ0n) is 9.23. The van der Waals surface area contributed by atoms with Gasteiger partial charge in [-0.25, -0.2) is 0 Å². The normalized spacial score (nSPS) is 10.1. The molecule has 1 heterocycles. The second-order valence-electron chi connectivity index (χ2n) is 3.26. The minimum atomic E-state index is 0. The summed E-state index contributed by atoms with van der Waals surface area (Å²) >= 11 is 1.65. The van der Waals surface area contributed by atoms with Crippen LogP contribution in [0.5, 0.6) is 0 Å². The number of Topliss-reactive ketones (excluding diaryl/α,β-unsaturated/α-hetero) is 1. The minimum absolute atomic E-state index is 0. The standard InChI is InChI=1S/C11H17NOS.ClH/c1-3-12(4-2)9-10(13)8-11-6-5-7-14-11;/h5-7H,3-4,8-9H2,1-2H3;1H. The van der Waals surface area contributed by atoms with Crippen molar-refractivity contribution in [1.82, 2.24) is 4.90 Å². The van der Waals surface area contributed by atoms with Crippen LogP contribution in [0.1, 0.15) is 18.7 Å². The second kappa shape index (κ2) is 7.85. The number of carbonyl (C=O) groups excluding carboxylic acids is 1. The van der Waals surface area contributed by atoms with Gasteiger partial charge < -0.3 is 0 Å². The smallest absolute Gasteiger partial charge is 0.152 e. The first-order valence-corrected chi connectivity index (χ1v) is 5.90. The molecule has 0 aromatic carbocycles. The molecule has 0 unspecified atom stereocenters. The summed E-state index contributed by atoms with van der Waals surface area (Å²) in [4.78, 5) is 14.9. The third-order valence-electron chi connectivity index (χ3n) is 2.25. The molecule has 1 aromatic heterocycles. The minimum Gasteiger partial charge on any atom is -0.298 e. The summed E-state index contributed by atoms with van der Waals surface area (Å²) in [6.45, 7) is 6.66. The van der Waals surface area contributed by atoms with Gasteiger partial charge in [0.05, 0.1) is 6.54 Å². The number of carbonyl (C=O) groups is 1. The summed E-state index contributed by atoms with van der Waals surface area (Å²) < 4.78 is 0. The number of halogens is 1. The highest BCUT2D eigenvalue weighted by Crippen LogP contribution is 2.09. The molecule has 0 atom stereocenters. The molecule has 86 valence electrons. The average Bonchev–Trinajstić information content (AvgIpc) is 2.66. The summed E-state index contributed by atoms with van der Waals surface area (Å²) in [7, 11) is 0. The average molecular weight is 248 g/mol. The van der Waals surface area contributed by atoms with E-state index in [2.05, 4.69) is 18.7 Å². The van der Waals surface area contributed by atoms with Gasteiger partial charge in [0.25, 0.3) is 0 Å². The number of nitrogens with zero attached hydrogens (tertiary/aromatic N) is 1. The van der Waals surface area contributed by atoms with Crippen molar-refractivity contribution in [2.24, 2.45) is 0 Å². The van der Waals surface area contributed by atoms with E-state index >= 15 is 0 Å².